The molecule has 0 radical (unpaired) electrons. The smallest absolute Gasteiger partial charge is 0.312 e. The Kier molecular flexibility index (Phi) is 13.0. The quantitative estimate of drug-likeness (QED) is 0.166. The molecule has 5 bridgehead atoms. The summed E-state index contributed by atoms with van der Waals surface area (Å²) in [6.07, 6.45) is 3.78. The fraction of sp³-hybridized carbons (Fsp3) is 0.524. The lowest BCUT2D eigenvalue weighted by Crippen LogP contribution is -2.46. The first-order valence-corrected chi connectivity index (χ1v) is 19.3. The summed E-state index contributed by atoms with van der Waals surface area (Å²) in [5.41, 5.74) is -1.24. The molecule has 0 spiro atoms. The number of phenols is 1. The third-order valence-corrected chi connectivity index (χ3v) is 11.7. The number of rotatable bonds is 3. The molecule has 1 amide bonds. The second kappa shape index (κ2) is 17.3. The summed E-state index contributed by atoms with van der Waals surface area (Å²) in [5.74, 6) is -9.38. The number of likely N-dealkylation sites (tertiary alicyclic amines) is 1. The molecular weight excluding hydrogens is 754 g/mol. The van der Waals surface area contributed by atoms with Crippen LogP contribution in [0.4, 0.5) is 0 Å². The molecule has 314 valence electrons. The number of nitrogens with zero attached hydrogens (tertiary/aromatic N) is 2. The monoisotopic (exact) mass is 807 g/mol. The fourth-order valence-corrected chi connectivity index (χ4v) is 8.07. The Hall–Kier alpha value is -5.32. The molecule has 5 aliphatic rings. The second-order valence-electron chi connectivity index (χ2n) is 15.7. The number of benzene rings is 1. The number of amides is 1. The van der Waals surface area contributed by atoms with Gasteiger partial charge >= 0.3 is 11.8 Å². The first kappa shape index (κ1) is 43.8. The number of phenolic OH excluding ortho intramolecular Hbond substituents is 1. The summed E-state index contributed by atoms with van der Waals surface area (Å²) in [4.78, 5) is 71.2. The number of ether oxygens (including phenoxy) is 4. The maximum Gasteiger partial charge on any atom is 0.312 e. The predicted octanol–water partition coefficient (Wildman–Crippen LogP) is 3.88. The number of nitrogens with one attached hydrogen (secondary N) is 1. The average Bonchev–Trinajstić information content (AvgIpc) is 3.46. The molecule has 5 N–H and O–H groups in total. The van der Waals surface area contributed by atoms with Gasteiger partial charge in [-0.15, -0.1) is 0 Å². The van der Waals surface area contributed by atoms with Crippen molar-refractivity contribution in [3.05, 3.63) is 69.8 Å². The van der Waals surface area contributed by atoms with Gasteiger partial charge in [0.2, 0.25) is 11.6 Å². The van der Waals surface area contributed by atoms with E-state index in [9.17, 15) is 44.5 Å². The third kappa shape index (κ3) is 8.05. The number of aliphatic hydroxyl groups is 2. The van der Waals surface area contributed by atoms with Crippen LogP contribution >= 0.6 is 0 Å². The van der Waals surface area contributed by atoms with Gasteiger partial charge in [0, 0.05) is 81.7 Å². The van der Waals surface area contributed by atoms with Crippen molar-refractivity contribution in [1.29, 1.82) is 0 Å². The van der Waals surface area contributed by atoms with Crippen LogP contribution < -0.4 is 10.1 Å². The molecule has 1 aliphatic carbocycles. The van der Waals surface area contributed by atoms with Gasteiger partial charge in [-0.2, -0.15) is 0 Å². The number of methoxy groups -OCH3 is 1. The van der Waals surface area contributed by atoms with Crippen LogP contribution in [0.2, 0.25) is 0 Å². The number of esters is 1. The number of ketones is 3. The van der Waals surface area contributed by atoms with E-state index < -0.39 is 106 Å². The van der Waals surface area contributed by atoms with E-state index in [1.54, 1.807) is 44.7 Å². The summed E-state index contributed by atoms with van der Waals surface area (Å²) >= 11 is 0. The summed E-state index contributed by atoms with van der Waals surface area (Å²) in [6.45, 7) is 12.5. The second-order valence-corrected chi connectivity index (χ2v) is 15.7. The maximum atomic E-state index is 14.8. The van der Waals surface area contributed by atoms with Crippen LogP contribution in [0.5, 0.6) is 11.5 Å². The molecule has 9 atom stereocenters. The summed E-state index contributed by atoms with van der Waals surface area (Å²) in [5, 5.41) is 49.6. The molecule has 6 rings (SSSR count). The van der Waals surface area contributed by atoms with Crippen LogP contribution in [0.25, 0.3) is 0 Å². The lowest BCUT2D eigenvalue weighted by atomic mass is 9.78. The van der Waals surface area contributed by atoms with Crippen LogP contribution in [-0.4, -0.2) is 111 Å². The number of fused-ring (bicyclic) bond motifs is 14. The number of allylic oxidation sites excluding steroid dienone is 4. The molecular formula is C42H53N3O13. The number of Topliss-reactive ketones (excluding diaryl/α,β-unsaturated/α-hetero) is 3. The van der Waals surface area contributed by atoms with E-state index in [1.807, 2.05) is 0 Å². The Bertz CT molecular complexity index is 2020. The van der Waals surface area contributed by atoms with E-state index in [0.29, 0.717) is 5.71 Å². The van der Waals surface area contributed by atoms with E-state index in [4.69, 9.17) is 18.9 Å². The summed E-state index contributed by atoms with van der Waals surface area (Å²) < 4.78 is 23.5. The fourth-order valence-electron chi connectivity index (χ4n) is 8.07. The minimum absolute atomic E-state index is 0.0205. The van der Waals surface area contributed by atoms with Gasteiger partial charge in [0.25, 0.3) is 11.7 Å². The number of piperidine rings is 1. The van der Waals surface area contributed by atoms with Crippen LogP contribution in [0.3, 0.4) is 0 Å². The number of carbonyl (C=O) groups excluding carboxylic acids is 5. The molecule has 1 fully saturated rings. The summed E-state index contributed by atoms with van der Waals surface area (Å²) in [6, 6.07) is 0. The van der Waals surface area contributed by atoms with Crippen LogP contribution in [0.1, 0.15) is 97.9 Å². The predicted molar refractivity (Wildman–Crippen MR) is 208 cm³/mol. The van der Waals surface area contributed by atoms with Crippen LogP contribution in [0.15, 0.2) is 52.7 Å². The van der Waals surface area contributed by atoms with Gasteiger partial charge in [-0.1, -0.05) is 51.1 Å². The van der Waals surface area contributed by atoms with Crippen molar-refractivity contribution in [2.45, 2.75) is 98.4 Å². The SMILES string of the molecule is CO[C@H]1/C=C/O[C@@]2(C)Oc3c(C)c(O)c4c(c3C2=O)C(=O)C(N2CCC(=NO)CC2)=C(NC(=O)/C(C)=C\C=C\[C@@H](C)[C@H](O)[C@@H](C)[C@@H](O)[C@@H](C)[C@@H](OC(C)=O)[C@@H]1C)C4=O. The lowest BCUT2D eigenvalue weighted by molar-refractivity contribution is -0.160. The number of hydrogen-bond acceptors (Lipinski definition) is 15. The van der Waals surface area contributed by atoms with Gasteiger partial charge < -0.3 is 49.7 Å². The zero-order valence-electron chi connectivity index (χ0n) is 34.2. The molecule has 4 heterocycles. The Morgan fingerprint density at radius 3 is 2.21 bits per heavy atom. The zero-order valence-corrected chi connectivity index (χ0v) is 34.2. The lowest BCUT2D eigenvalue weighted by Gasteiger charge is -2.38. The highest BCUT2D eigenvalue weighted by molar-refractivity contribution is 6.32. The molecule has 0 unspecified atom stereocenters. The number of aromatic hydroxyl groups is 1. The van der Waals surface area contributed by atoms with Gasteiger partial charge in [0.15, 0.2) is 0 Å². The summed E-state index contributed by atoms with van der Waals surface area (Å²) in [7, 11) is 1.42. The Morgan fingerprint density at radius 1 is 0.948 bits per heavy atom. The number of oxime groups is 1. The van der Waals surface area contributed by atoms with Gasteiger partial charge in [-0.3, -0.25) is 24.0 Å². The normalized spacial score (nSPS) is 33.1. The van der Waals surface area contributed by atoms with Crippen molar-refractivity contribution in [2.75, 3.05) is 20.2 Å². The molecule has 1 saturated heterocycles. The molecule has 58 heavy (non-hydrogen) atoms. The van der Waals surface area contributed by atoms with Crippen molar-refractivity contribution in [3.8, 4) is 11.5 Å². The highest BCUT2D eigenvalue weighted by Crippen LogP contribution is 2.49. The molecule has 0 aromatic heterocycles. The van der Waals surface area contributed by atoms with Gasteiger partial charge in [0.1, 0.15) is 29.0 Å². The largest absolute Gasteiger partial charge is 0.507 e. The van der Waals surface area contributed by atoms with E-state index in [0.717, 1.165) is 6.26 Å². The van der Waals surface area contributed by atoms with Crippen molar-refractivity contribution in [1.82, 2.24) is 10.2 Å². The maximum absolute atomic E-state index is 14.8. The minimum atomic E-state index is -2.10. The molecule has 1 aromatic rings. The first-order valence-electron chi connectivity index (χ1n) is 19.3. The molecule has 16 heteroatoms. The van der Waals surface area contributed by atoms with Crippen LogP contribution in [0, 0.1) is 30.6 Å². The Labute approximate surface area is 336 Å². The minimum Gasteiger partial charge on any atom is -0.507 e. The first-order chi connectivity index (χ1) is 27.3. The number of hydrogen-bond donors (Lipinski definition) is 5. The van der Waals surface area contributed by atoms with Crippen LogP contribution in [-0.2, 0) is 23.8 Å². The average molecular weight is 808 g/mol. The van der Waals surface area contributed by atoms with Gasteiger partial charge in [0.05, 0.1) is 47.0 Å². The standard InChI is InChI=1S/C42H53N3O13/c1-19-11-10-12-20(2)41(53)43-31-32(45-16-13-26(44-54)14-17-45)37(51)28-29(36(31)50)35(49)24(6)39-30(28)40(52)42(8,58-39)56-18-15-27(55-9)21(3)38(57-25(7)46)23(5)34(48)22(4)33(19)47/h10-12,15,18-19,21-23,27,33-34,38,47-49,54H,13-14,16-17H2,1-9H3,(H,43,53)/b11-10+,18-15+,20-12-/t19-,21-,22-,23-,27+,33+,34-,38+,42+/m1/s1. The molecule has 4 aliphatic heterocycles. The van der Waals surface area contributed by atoms with E-state index in [-0.39, 0.29) is 54.1 Å². The highest BCUT2D eigenvalue weighted by atomic mass is 16.7. The number of aliphatic hydroxyl groups excluding tert-OH is 2. The molecule has 0 saturated carbocycles. The van der Waals surface area contributed by atoms with Gasteiger partial charge in [-0.25, -0.2) is 0 Å². The highest BCUT2D eigenvalue weighted by Gasteiger charge is 2.53. The van der Waals surface area contributed by atoms with Crippen molar-refractivity contribution >= 4 is 34.9 Å². The zero-order chi connectivity index (χ0) is 43.0. The molecule has 16 nitrogen and oxygen atoms in total. The van der Waals surface area contributed by atoms with Crippen molar-refractivity contribution in [3.63, 3.8) is 0 Å². The van der Waals surface area contributed by atoms with E-state index in [2.05, 4.69) is 10.5 Å². The Morgan fingerprint density at radius 2 is 1.60 bits per heavy atom. The van der Waals surface area contributed by atoms with Crippen molar-refractivity contribution in [2.24, 2.45) is 28.8 Å². The number of carbonyl (C=O) groups is 5. The van der Waals surface area contributed by atoms with E-state index >= 15 is 0 Å². The molecule has 1 aromatic carbocycles. The topological polar surface area (TPSA) is 231 Å². The van der Waals surface area contributed by atoms with Crippen molar-refractivity contribution < 1.29 is 63.4 Å². The Balaban J connectivity index is 1.67. The third-order valence-electron chi connectivity index (χ3n) is 11.7. The van der Waals surface area contributed by atoms with E-state index in [1.165, 1.54) is 47.0 Å². The van der Waals surface area contributed by atoms with Gasteiger partial charge in [-0.05, 0) is 19.9 Å².